The quantitative estimate of drug-likeness (QED) is 0.669. The molecule has 2 aromatic carbocycles. The van der Waals surface area contributed by atoms with Gasteiger partial charge < -0.3 is 10.6 Å². The summed E-state index contributed by atoms with van der Waals surface area (Å²) in [4.78, 5) is 2.33. The Kier molecular flexibility index (Phi) is 2.64. The molecule has 4 nitrogen and oxygen atoms in total. The van der Waals surface area contributed by atoms with E-state index >= 15 is 0 Å². The van der Waals surface area contributed by atoms with Crippen molar-refractivity contribution in [2.45, 2.75) is 19.8 Å². The standard InChI is InChI=1S/C17H18N4/c1-11-4-5-16-12(7-11)3-2-6-21(16)17-9-15-13(8-14(17)18)10-19-20-15/h4-5,7-10H,2-3,6,18H2,1H3,(H,19,20). The molecule has 0 saturated heterocycles. The Bertz CT molecular complexity index is 819. The number of aromatic nitrogens is 2. The molecule has 1 aliphatic rings. The maximum absolute atomic E-state index is 6.28. The maximum atomic E-state index is 6.28. The number of aromatic amines is 1. The first-order valence-corrected chi connectivity index (χ1v) is 7.32. The van der Waals surface area contributed by atoms with Crippen LogP contribution in [0, 0.1) is 6.92 Å². The number of fused-ring (bicyclic) bond motifs is 2. The van der Waals surface area contributed by atoms with Crippen LogP contribution in [0.15, 0.2) is 36.5 Å². The molecule has 4 heteroatoms. The molecular formula is C17H18N4. The summed E-state index contributed by atoms with van der Waals surface area (Å²) >= 11 is 0. The number of anilines is 3. The number of nitrogens with one attached hydrogen (secondary N) is 1. The normalized spacial score (nSPS) is 14.4. The zero-order valence-corrected chi connectivity index (χ0v) is 12.1. The zero-order chi connectivity index (χ0) is 14.4. The predicted molar refractivity (Wildman–Crippen MR) is 87.0 cm³/mol. The maximum Gasteiger partial charge on any atom is 0.0672 e. The van der Waals surface area contributed by atoms with E-state index in [4.69, 9.17) is 5.73 Å². The van der Waals surface area contributed by atoms with Gasteiger partial charge in [0.05, 0.1) is 23.1 Å². The molecule has 4 rings (SSSR count). The molecule has 0 bridgehead atoms. The fourth-order valence-corrected chi connectivity index (χ4v) is 3.21. The van der Waals surface area contributed by atoms with E-state index in [2.05, 4.69) is 46.3 Å². The molecular weight excluding hydrogens is 260 g/mol. The van der Waals surface area contributed by atoms with Gasteiger partial charge >= 0.3 is 0 Å². The minimum Gasteiger partial charge on any atom is -0.397 e. The molecule has 0 spiro atoms. The van der Waals surface area contributed by atoms with Crippen LogP contribution < -0.4 is 10.6 Å². The van der Waals surface area contributed by atoms with E-state index in [1.54, 1.807) is 0 Å². The van der Waals surface area contributed by atoms with Gasteiger partial charge in [0.25, 0.3) is 0 Å². The third-order valence-corrected chi connectivity index (χ3v) is 4.23. The largest absolute Gasteiger partial charge is 0.397 e. The van der Waals surface area contributed by atoms with E-state index in [0.717, 1.165) is 41.7 Å². The second kappa shape index (κ2) is 4.52. The molecule has 106 valence electrons. The van der Waals surface area contributed by atoms with Crippen LogP contribution in [-0.4, -0.2) is 16.7 Å². The highest BCUT2D eigenvalue weighted by Gasteiger charge is 2.20. The summed E-state index contributed by atoms with van der Waals surface area (Å²) in [5.41, 5.74) is 13.2. The summed E-state index contributed by atoms with van der Waals surface area (Å²) in [6, 6.07) is 10.8. The summed E-state index contributed by atoms with van der Waals surface area (Å²) in [6.07, 6.45) is 4.10. The van der Waals surface area contributed by atoms with Crippen molar-refractivity contribution >= 4 is 28.0 Å². The third kappa shape index (κ3) is 1.95. The van der Waals surface area contributed by atoms with Crippen molar-refractivity contribution < 1.29 is 0 Å². The zero-order valence-electron chi connectivity index (χ0n) is 12.1. The van der Waals surface area contributed by atoms with Gasteiger partial charge in [-0.2, -0.15) is 5.10 Å². The van der Waals surface area contributed by atoms with Crippen LogP contribution in [0.3, 0.4) is 0 Å². The summed E-state index contributed by atoms with van der Waals surface area (Å²) < 4.78 is 0. The molecule has 2 heterocycles. The average molecular weight is 278 g/mol. The van der Waals surface area contributed by atoms with Gasteiger partial charge in [-0.1, -0.05) is 17.7 Å². The van der Waals surface area contributed by atoms with Crippen LogP contribution in [-0.2, 0) is 6.42 Å². The Morgan fingerprint density at radius 2 is 2.10 bits per heavy atom. The second-order valence-corrected chi connectivity index (χ2v) is 5.76. The van der Waals surface area contributed by atoms with Crippen LogP contribution in [0.25, 0.3) is 10.9 Å². The molecule has 0 aliphatic carbocycles. The van der Waals surface area contributed by atoms with Gasteiger partial charge in [-0.3, -0.25) is 5.10 Å². The minimum atomic E-state index is 0.803. The summed E-state index contributed by atoms with van der Waals surface area (Å²) in [5.74, 6) is 0. The number of rotatable bonds is 1. The van der Waals surface area contributed by atoms with Crippen molar-refractivity contribution in [1.82, 2.24) is 10.2 Å². The van der Waals surface area contributed by atoms with E-state index in [-0.39, 0.29) is 0 Å². The smallest absolute Gasteiger partial charge is 0.0672 e. The molecule has 1 aliphatic heterocycles. The monoisotopic (exact) mass is 278 g/mol. The van der Waals surface area contributed by atoms with Gasteiger partial charge in [0, 0.05) is 17.6 Å². The highest BCUT2D eigenvalue weighted by Crippen LogP contribution is 2.38. The van der Waals surface area contributed by atoms with Gasteiger partial charge in [-0.15, -0.1) is 0 Å². The van der Waals surface area contributed by atoms with Crippen LogP contribution >= 0.6 is 0 Å². The SMILES string of the molecule is Cc1ccc2c(c1)CCCN2c1cc2[nH]ncc2cc1N. The van der Waals surface area contributed by atoms with Crippen LogP contribution in [0.2, 0.25) is 0 Å². The Balaban J connectivity index is 1.88. The van der Waals surface area contributed by atoms with Gasteiger partial charge in [-0.05, 0) is 43.5 Å². The first kappa shape index (κ1) is 12.3. The molecule has 3 aromatic rings. The lowest BCUT2D eigenvalue weighted by Gasteiger charge is -2.32. The van der Waals surface area contributed by atoms with Crippen molar-refractivity contribution in [2.75, 3.05) is 17.2 Å². The van der Waals surface area contributed by atoms with Crippen LogP contribution in [0.1, 0.15) is 17.5 Å². The van der Waals surface area contributed by atoms with E-state index in [1.165, 1.54) is 16.8 Å². The van der Waals surface area contributed by atoms with E-state index in [0.29, 0.717) is 0 Å². The summed E-state index contributed by atoms with van der Waals surface area (Å²) in [7, 11) is 0. The molecule has 0 unspecified atom stereocenters. The van der Waals surface area contributed by atoms with Crippen LogP contribution in [0.4, 0.5) is 17.1 Å². The minimum absolute atomic E-state index is 0.803. The first-order chi connectivity index (χ1) is 10.2. The lowest BCUT2D eigenvalue weighted by Crippen LogP contribution is -2.25. The number of nitrogens with zero attached hydrogens (tertiary/aromatic N) is 2. The first-order valence-electron chi connectivity index (χ1n) is 7.32. The second-order valence-electron chi connectivity index (χ2n) is 5.76. The molecule has 21 heavy (non-hydrogen) atoms. The lowest BCUT2D eigenvalue weighted by molar-refractivity contribution is 0.767. The Morgan fingerprint density at radius 1 is 1.19 bits per heavy atom. The van der Waals surface area contributed by atoms with Gasteiger partial charge in [0.15, 0.2) is 0 Å². The lowest BCUT2D eigenvalue weighted by atomic mass is 9.98. The Hall–Kier alpha value is -2.49. The molecule has 0 radical (unpaired) electrons. The van der Waals surface area contributed by atoms with Crippen molar-refractivity contribution in [2.24, 2.45) is 0 Å². The van der Waals surface area contributed by atoms with E-state index < -0.39 is 0 Å². The third-order valence-electron chi connectivity index (χ3n) is 4.23. The average Bonchev–Trinajstić information content (AvgIpc) is 2.92. The van der Waals surface area contributed by atoms with Gasteiger partial charge in [-0.25, -0.2) is 0 Å². The molecule has 0 amide bonds. The van der Waals surface area contributed by atoms with E-state index in [9.17, 15) is 0 Å². The van der Waals surface area contributed by atoms with Crippen molar-refractivity contribution in [3.63, 3.8) is 0 Å². The molecule has 1 aromatic heterocycles. The number of benzene rings is 2. The molecule has 0 fully saturated rings. The fraction of sp³-hybridized carbons (Fsp3) is 0.235. The summed E-state index contributed by atoms with van der Waals surface area (Å²) in [6.45, 7) is 3.14. The molecule has 0 saturated carbocycles. The van der Waals surface area contributed by atoms with Gasteiger partial charge in [0.2, 0.25) is 0 Å². The Labute approximate surface area is 123 Å². The van der Waals surface area contributed by atoms with Crippen molar-refractivity contribution in [3.8, 4) is 0 Å². The van der Waals surface area contributed by atoms with Crippen molar-refractivity contribution in [3.05, 3.63) is 47.7 Å². The summed E-state index contributed by atoms with van der Waals surface area (Å²) in [5, 5.41) is 8.17. The number of aryl methyl sites for hydroxylation is 2. The van der Waals surface area contributed by atoms with Gasteiger partial charge in [0.1, 0.15) is 0 Å². The number of nitrogens with two attached hydrogens (primary N) is 1. The topological polar surface area (TPSA) is 57.9 Å². The Morgan fingerprint density at radius 3 is 3.00 bits per heavy atom. The van der Waals surface area contributed by atoms with Crippen LogP contribution in [0.5, 0.6) is 0 Å². The number of nitrogen functional groups attached to an aromatic ring is 1. The predicted octanol–water partition coefficient (Wildman–Crippen LogP) is 3.54. The molecule has 3 N–H and O–H groups in total. The highest BCUT2D eigenvalue weighted by atomic mass is 15.2. The highest BCUT2D eigenvalue weighted by molar-refractivity contribution is 5.91. The fourth-order valence-electron chi connectivity index (χ4n) is 3.21. The number of H-pyrrole nitrogens is 1. The number of hydrogen-bond acceptors (Lipinski definition) is 3. The molecule has 0 atom stereocenters. The van der Waals surface area contributed by atoms with E-state index in [1.807, 2.05) is 12.3 Å². The number of hydrogen-bond donors (Lipinski definition) is 2. The van der Waals surface area contributed by atoms with Crippen molar-refractivity contribution in [1.29, 1.82) is 0 Å².